The molecule has 4 aromatic rings. The number of nitrogens with one attached hydrogen (secondary N) is 1. The van der Waals surface area contributed by atoms with E-state index in [1.807, 2.05) is 60.0 Å². The van der Waals surface area contributed by atoms with Crippen LogP contribution in [0.2, 0.25) is 0 Å². The van der Waals surface area contributed by atoms with Crippen molar-refractivity contribution in [1.29, 1.82) is 0 Å². The quantitative estimate of drug-likeness (QED) is 0.508. The molecule has 4 rings (SSSR count). The Morgan fingerprint density at radius 2 is 2.03 bits per heavy atom. The predicted octanol–water partition coefficient (Wildman–Crippen LogP) is 2.99. The molecule has 7 nitrogen and oxygen atoms in total. The lowest BCUT2D eigenvalue weighted by molar-refractivity contribution is -0.122. The van der Waals surface area contributed by atoms with Gasteiger partial charge in [0.15, 0.2) is 0 Å². The summed E-state index contributed by atoms with van der Waals surface area (Å²) in [5.41, 5.74) is 2.15. The normalized spacial score (nSPS) is 11.2. The largest absolute Gasteiger partial charge is 0.494 e. The van der Waals surface area contributed by atoms with Gasteiger partial charge < -0.3 is 10.1 Å². The molecule has 0 radical (unpaired) electrons. The number of hydrogen-bond donors (Lipinski definition) is 1. The third kappa shape index (κ3) is 3.63. The van der Waals surface area contributed by atoms with Gasteiger partial charge >= 0.3 is 0 Å². The number of ether oxygens (including phenoxy) is 1. The topological polar surface area (TPSA) is 77.6 Å². The summed E-state index contributed by atoms with van der Waals surface area (Å²) in [4.78, 5) is 25.4. The molecule has 0 aliphatic heterocycles. The van der Waals surface area contributed by atoms with E-state index < -0.39 is 0 Å². The monoisotopic (exact) mass is 410 g/mol. The fourth-order valence-corrected chi connectivity index (χ4v) is 4.19. The van der Waals surface area contributed by atoms with Crippen LogP contribution in [0.3, 0.4) is 0 Å². The van der Waals surface area contributed by atoms with Crippen LogP contribution in [0.25, 0.3) is 15.7 Å². The van der Waals surface area contributed by atoms with Gasteiger partial charge in [-0.15, -0.1) is 11.3 Å². The molecule has 0 unspecified atom stereocenters. The number of hydrogen-bond acceptors (Lipinski definition) is 5. The van der Waals surface area contributed by atoms with Gasteiger partial charge in [-0.3, -0.25) is 14.0 Å². The molecule has 0 fully saturated rings. The van der Waals surface area contributed by atoms with Crippen molar-refractivity contribution in [2.75, 3.05) is 6.61 Å². The number of para-hydroxylation sites is 1. The molecule has 0 atom stereocenters. The Bertz CT molecular complexity index is 1240. The molecule has 0 aliphatic carbocycles. The summed E-state index contributed by atoms with van der Waals surface area (Å²) < 4.78 is 9.76. The van der Waals surface area contributed by atoms with Crippen molar-refractivity contribution in [3.63, 3.8) is 0 Å². The van der Waals surface area contributed by atoms with Crippen molar-refractivity contribution in [3.8, 4) is 5.75 Å². The smallest absolute Gasteiger partial charge is 0.291 e. The van der Waals surface area contributed by atoms with Crippen LogP contribution in [-0.4, -0.2) is 26.7 Å². The van der Waals surface area contributed by atoms with E-state index in [4.69, 9.17) is 4.74 Å². The van der Waals surface area contributed by atoms with E-state index in [-0.39, 0.29) is 18.0 Å². The number of carbonyl (C=O) groups is 1. The van der Waals surface area contributed by atoms with Crippen molar-refractivity contribution in [2.24, 2.45) is 0 Å². The second-order valence-corrected chi connectivity index (χ2v) is 7.53. The van der Waals surface area contributed by atoms with Gasteiger partial charge in [0.05, 0.1) is 16.8 Å². The molecule has 0 aliphatic rings. The molecule has 3 heterocycles. The van der Waals surface area contributed by atoms with Gasteiger partial charge in [-0.1, -0.05) is 25.1 Å². The maximum Gasteiger partial charge on any atom is 0.291 e. The molecular weight excluding hydrogens is 388 g/mol. The molecular formula is C21H22N4O3S. The zero-order chi connectivity index (χ0) is 20.4. The average molecular weight is 410 g/mol. The van der Waals surface area contributed by atoms with E-state index >= 15 is 0 Å². The second kappa shape index (κ2) is 8.08. The summed E-state index contributed by atoms with van der Waals surface area (Å²) in [6.07, 6.45) is 0.653. The Kier molecular flexibility index (Phi) is 5.35. The molecule has 1 N–H and O–H groups in total. The van der Waals surface area contributed by atoms with Crippen LogP contribution in [0.1, 0.15) is 25.2 Å². The maximum absolute atomic E-state index is 12.9. The third-order valence-electron chi connectivity index (χ3n) is 4.73. The molecule has 29 heavy (non-hydrogen) atoms. The molecule has 3 aromatic heterocycles. The minimum atomic E-state index is -0.273. The van der Waals surface area contributed by atoms with Crippen molar-refractivity contribution in [2.45, 2.75) is 33.4 Å². The lowest BCUT2D eigenvalue weighted by Crippen LogP contribution is -2.35. The van der Waals surface area contributed by atoms with Gasteiger partial charge in [-0.05, 0) is 30.5 Å². The Morgan fingerprint density at radius 3 is 2.83 bits per heavy atom. The van der Waals surface area contributed by atoms with E-state index in [1.165, 1.54) is 4.68 Å². The van der Waals surface area contributed by atoms with E-state index in [0.717, 1.165) is 27.4 Å². The summed E-state index contributed by atoms with van der Waals surface area (Å²) in [6.45, 7) is 4.66. The molecule has 8 heteroatoms. The summed E-state index contributed by atoms with van der Waals surface area (Å²) in [6, 6.07) is 11.4. The number of fused-ring (bicyclic) bond motifs is 3. The Morgan fingerprint density at radius 1 is 1.21 bits per heavy atom. The van der Waals surface area contributed by atoms with Crippen LogP contribution >= 0.6 is 11.3 Å². The average Bonchev–Trinajstić information content (AvgIpc) is 3.31. The Labute approximate surface area is 171 Å². The van der Waals surface area contributed by atoms with Gasteiger partial charge in [-0.2, -0.15) is 5.10 Å². The number of nitrogens with zero attached hydrogens (tertiary/aromatic N) is 3. The lowest BCUT2D eigenvalue weighted by atomic mass is 10.2. The first-order chi connectivity index (χ1) is 14.1. The summed E-state index contributed by atoms with van der Waals surface area (Å²) in [5.74, 6) is 1.22. The number of benzene rings is 1. The summed E-state index contributed by atoms with van der Waals surface area (Å²) in [5, 5.41) is 9.30. The molecule has 1 amide bonds. The highest BCUT2D eigenvalue weighted by Crippen LogP contribution is 2.24. The van der Waals surface area contributed by atoms with Crippen LogP contribution in [0, 0.1) is 0 Å². The summed E-state index contributed by atoms with van der Waals surface area (Å²) in [7, 11) is 0. The molecule has 0 spiro atoms. The molecule has 1 aromatic carbocycles. The van der Waals surface area contributed by atoms with E-state index in [1.54, 1.807) is 11.3 Å². The van der Waals surface area contributed by atoms with Crippen molar-refractivity contribution in [3.05, 3.63) is 63.5 Å². The zero-order valence-corrected chi connectivity index (χ0v) is 17.2. The maximum atomic E-state index is 12.9. The van der Waals surface area contributed by atoms with Crippen LogP contribution in [0.4, 0.5) is 0 Å². The molecule has 0 saturated carbocycles. The first kappa shape index (κ1) is 19.2. The number of carbonyl (C=O) groups excluding carboxylic acids is 1. The van der Waals surface area contributed by atoms with Gasteiger partial charge in [-0.25, -0.2) is 4.68 Å². The van der Waals surface area contributed by atoms with Crippen LogP contribution in [0.5, 0.6) is 5.75 Å². The number of thiophene rings is 1. The number of amides is 1. The second-order valence-electron chi connectivity index (χ2n) is 6.59. The Balaban J connectivity index is 1.57. The van der Waals surface area contributed by atoms with E-state index in [0.29, 0.717) is 25.1 Å². The van der Waals surface area contributed by atoms with E-state index in [9.17, 15) is 9.59 Å². The number of aromatic nitrogens is 3. The van der Waals surface area contributed by atoms with Gasteiger partial charge in [0.2, 0.25) is 5.91 Å². The van der Waals surface area contributed by atoms with Crippen molar-refractivity contribution >= 4 is 33.0 Å². The lowest BCUT2D eigenvalue weighted by Gasteiger charge is -2.12. The first-order valence-corrected chi connectivity index (χ1v) is 10.5. The van der Waals surface area contributed by atoms with Gasteiger partial charge in [0.25, 0.3) is 5.56 Å². The highest BCUT2D eigenvalue weighted by molar-refractivity contribution is 7.17. The van der Waals surface area contributed by atoms with Crippen molar-refractivity contribution < 1.29 is 9.53 Å². The minimum absolute atomic E-state index is 0.127. The highest BCUT2D eigenvalue weighted by Gasteiger charge is 2.16. The Hall–Kier alpha value is -3.13. The van der Waals surface area contributed by atoms with E-state index in [2.05, 4.69) is 10.4 Å². The van der Waals surface area contributed by atoms with Gasteiger partial charge in [0, 0.05) is 18.5 Å². The zero-order valence-electron chi connectivity index (χ0n) is 16.3. The van der Waals surface area contributed by atoms with Crippen LogP contribution in [0.15, 0.2) is 46.6 Å². The van der Waals surface area contributed by atoms with Gasteiger partial charge in [0.1, 0.15) is 23.6 Å². The third-order valence-corrected chi connectivity index (χ3v) is 5.58. The highest BCUT2D eigenvalue weighted by atomic mass is 32.1. The standard InChI is InChI=1S/C21H22N4O3S/c1-3-19-23-24(21(27)16-11-18-15(25(16)19)9-10-29-18)13-20(26)22-12-14-7-5-6-8-17(14)28-4-2/h5-11H,3-4,12-13H2,1-2H3,(H,22,26). The van der Waals surface area contributed by atoms with Crippen molar-refractivity contribution in [1.82, 2.24) is 19.5 Å². The predicted molar refractivity (Wildman–Crippen MR) is 114 cm³/mol. The molecule has 0 bridgehead atoms. The fourth-order valence-electron chi connectivity index (χ4n) is 3.39. The molecule has 0 saturated heterocycles. The number of rotatable bonds is 7. The van der Waals surface area contributed by atoms with Crippen LogP contribution in [-0.2, 0) is 24.3 Å². The SMILES string of the molecule is CCOc1ccccc1CNC(=O)Cn1nc(CC)n2c(cc3sccc32)c1=O. The first-order valence-electron chi connectivity index (χ1n) is 9.58. The molecule has 150 valence electrons. The minimum Gasteiger partial charge on any atom is -0.494 e. The number of aryl methyl sites for hydroxylation is 1. The fraction of sp³-hybridized carbons (Fsp3) is 0.286. The summed E-state index contributed by atoms with van der Waals surface area (Å²) >= 11 is 1.58. The van der Waals surface area contributed by atoms with Crippen LogP contribution < -0.4 is 15.6 Å².